The van der Waals surface area contributed by atoms with Crippen molar-refractivity contribution in [2.75, 3.05) is 19.6 Å². The Bertz CT molecular complexity index is 710. The van der Waals surface area contributed by atoms with Crippen LogP contribution in [0.2, 0.25) is 0 Å². The number of amides is 1. The lowest BCUT2D eigenvalue weighted by molar-refractivity contribution is -0.139. The number of aromatic nitrogens is 2. The van der Waals surface area contributed by atoms with E-state index in [2.05, 4.69) is 16.9 Å². The summed E-state index contributed by atoms with van der Waals surface area (Å²) in [5, 5.41) is 13.9. The van der Waals surface area contributed by atoms with Gasteiger partial charge in [0.25, 0.3) is 0 Å². The molecule has 2 aliphatic heterocycles. The summed E-state index contributed by atoms with van der Waals surface area (Å²) < 4.78 is 1.90. The summed E-state index contributed by atoms with van der Waals surface area (Å²) in [5.74, 6) is -0.193. The molecule has 0 bridgehead atoms. The van der Waals surface area contributed by atoms with Gasteiger partial charge in [-0.3, -0.25) is 14.4 Å². The van der Waals surface area contributed by atoms with Gasteiger partial charge in [-0.25, -0.2) is 4.79 Å². The number of carbonyl (C=O) groups is 2. The molecule has 7 nitrogen and oxygen atoms in total. The maximum Gasteiger partial charge on any atom is 0.356 e. The van der Waals surface area contributed by atoms with E-state index in [-0.39, 0.29) is 17.6 Å². The van der Waals surface area contributed by atoms with Crippen molar-refractivity contribution in [1.82, 2.24) is 19.6 Å². The van der Waals surface area contributed by atoms with E-state index >= 15 is 0 Å². The third kappa shape index (κ3) is 3.24. The van der Waals surface area contributed by atoms with Crippen LogP contribution in [0.3, 0.4) is 0 Å². The van der Waals surface area contributed by atoms with Crippen LogP contribution in [0.5, 0.6) is 0 Å². The van der Waals surface area contributed by atoms with Crippen LogP contribution in [0.15, 0.2) is 0 Å². The molecule has 0 radical (unpaired) electrons. The summed E-state index contributed by atoms with van der Waals surface area (Å²) in [5.41, 5.74) is 1.90. The van der Waals surface area contributed by atoms with Gasteiger partial charge in [0, 0.05) is 37.3 Å². The summed E-state index contributed by atoms with van der Waals surface area (Å²) in [4.78, 5) is 28.9. The molecular weight excluding hydrogens is 332 g/mol. The van der Waals surface area contributed by atoms with Gasteiger partial charge in [0.1, 0.15) is 0 Å². The standard InChI is InChI=1S/C19H28N4O3/c1-2-21-9-4-3-5-16(21)18(24)22-10-8-15-14(12-22)17(19(25)26)20-23(15)11-13-6-7-13/h13,16H,2-12H2,1H3,(H,25,26). The zero-order valence-corrected chi connectivity index (χ0v) is 15.5. The number of piperidine rings is 1. The minimum absolute atomic E-state index is 0.0508. The number of likely N-dealkylation sites (tertiary alicyclic amines) is 1. The second-order valence-corrected chi connectivity index (χ2v) is 7.85. The number of carboxylic acids is 1. The highest BCUT2D eigenvalue weighted by Crippen LogP contribution is 2.33. The number of aromatic carboxylic acids is 1. The topological polar surface area (TPSA) is 78.7 Å². The number of hydrogen-bond donors (Lipinski definition) is 1. The Morgan fingerprint density at radius 2 is 2.00 bits per heavy atom. The van der Waals surface area contributed by atoms with Crippen LogP contribution in [-0.2, 0) is 24.3 Å². The Kier molecular flexibility index (Phi) is 4.73. The quantitative estimate of drug-likeness (QED) is 0.865. The predicted molar refractivity (Wildman–Crippen MR) is 95.9 cm³/mol. The smallest absolute Gasteiger partial charge is 0.356 e. The first-order valence-corrected chi connectivity index (χ1v) is 9.93. The van der Waals surface area contributed by atoms with E-state index in [1.807, 2.05) is 9.58 Å². The Labute approximate surface area is 153 Å². The maximum absolute atomic E-state index is 13.1. The molecule has 2 fully saturated rings. The van der Waals surface area contributed by atoms with Crippen molar-refractivity contribution in [2.24, 2.45) is 5.92 Å². The summed E-state index contributed by atoms with van der Waals surface area (Å²) >= 11 is 0. The van der Waals surface area contributed by atoms with E-state index in [9.17, 15) is 14.7 Å². The number of nitrogens with zero attached hydrogens (tertiary/aromatic N) is 4. The van der Waals surface area contributed by atoms with Gasteiger partial charge in [-0.2, -0.15) is 5.10 Å². The Morgan fingerprint density at radius 3 is 2.69 bits per heavy atom. The number of hydrogen-bond acceptors (Lipinski definition) is 4. The van der Waals surface area contributed by atoms with Gasteiger partial charge >= 0.3 is 5.97 Å². The first-order valence-electron chi connectivity index (χ1n) is 9.93. The number of likely N-dealkylation sites (N-methyl/N-ethyl adjacent to an activating group) is 1. The van der Waals surface area contributed by atoms with Crippen molar-refractivity contribution < 1.29 is 14.7 Å². The Morgan fingerprint density at radius 1 is 1.19 bits per heavy atom. The first-order chi connectivity index (χ1) is 12.6. The molecule has 1 aliphatic carbocycles. The molecule has 0 aromatic carbocycles. The summed E-state index contributed by atoms with van der Waals surface area (Å²) in [6.07, 6.45) is 6.26. The average molecular weight is 360 g/mol. The summed E-state index contributed by atoms with van der Waals surface area (Å²) in [6.45, 7) is 5.82. The molecule has 7 heteroatoms. The molecule has 1 amide bonds. The van der Waals surface area contributed by atoms with Crippen LogP contribution in [0.4, 0.5) is 0 Å². The molecule has 1 aromatic heterocycles. The highest BCUT2D eigenvalue weighted by molar-refractivity contribution is 5.88. The number of carboxylic acid groups (broad SMARTS) is 1. The molecule has 1 saturated heterocycles. The molecule has 3 aliphatic rings. The normalized spacial score (nSPS) is 23.7. The van der Waals surface area contributed by atoms with Gasteiger partial charge in [-0.1, -0.05) is 13.3 Å². The van der Waals surface area contributed by atoms with Crippen LogP contribution in [0.1, 0.15) is 60.8 Å². The molecule has 1 atom stereocenters. The molecule has 3 heterocycles. The molecule has 26 heavy (non-hydrogen) atoms. The van der Waals surface area contributed by atoms with Crippen LogP contribution in [0, 0.1) is 5.92 Å². The van der Waals surface area contributed by atoms with E-state index < -0.39 is 5.97 Å². The molecule has 0 spiro atoms. The van der Waals surface area contributed by atoms with Crippen molar-refractivity contribution >= 4 is 11.9 Å². The van der Waals surface area contributed by atoms with Crippen molar-refractivity contribution in [1.29, 1.82) is 0 Å². The third-order valence-electron chi connectivity index (χ3n) is 6.08. The van der Waals surface area contributed by atoms with Crippen molar-refractivity contribution in [3.05, 3.63) is 17.0 Å². The van der Waals surface area contributed by atoms with E-state index in [0.29, 0.717) is 25.4 Å². The van der Waals surface area contributed by atoms with Gasteiger partial charge in [-0.05, 0) is 44.7 Å². The average Bonchev–Trinajstić information content (AvgIpc) is 3.40. The third-order valence-corrected chi connectivity index (χ3v) is 6.08. The van der Waals surface area contributed by atoms with Gasteiger partial charge < -0.3 is 10.0 Å². The largest absolute Gasteiger partial charge is 0.476 e. The van der Waals surface area contributed by atoms with E-state index in [1.165, 1.54) is 12.8 Å². The monoisotopic (exact) mass is 360 g/mol. The fraction of sp³-hybridized carbons (Fsp3) is 0.737. The van der Waals surface area contributed by atoms with Gasteiger partial charge in [0.15, 0.2) is 5.69 Å². The Balaban J connectivity index is 1.55. The molecule has 1 aromatic rings. The zero-order chi connectivity index (χ0) is 18.3. The second kappa shape index (κ2) is 7.02. The Hall–Kier alpha value is -1.89. The summed E-state index contributed by atoms with van der Waals surface area (Å²) in [6, 6.07) is -0.0508. The highest BCUT2D eigenvalue weighted by atomic mass is 16.4. The maximum atomic E-state index is 13.1. The van der Waals surface area contributed by atoms with Crippen molar-refractivity contribution in [3.63, 3.8) is 0 Å². The lowest BCUT2D eigenvalue weighted by Gasteiger charge is -2.38. The fourth-order valence-corrected chi connectivity index (χ4v) is 4.41. The molecule has 1 saturated carbocycles. The highest BCUT2D eigenvalue weighted by Gasteiger charge is 2.36. The minimum atomic E-state index is -0.988. The van der Waals surface area contributed by atoms with Crippen molar-refractivity contribution in [2.45, 2.75) is 64.6 Å². The lowest BCUT2D eigenvalue weighted by atomic mass is 9.98. The van der Waals surface area contributed by atoms with Gasteiger partial charge in [0.05, 0.1) is 6.04 Å². The van der Waals surface area contributed by atoms with Crippen molar-refractivity contribution in [3.8, 4) is 0 Å². The first kappa shape index (κ1) is 17.5. The summed E-state index contributed by atoms with van der Waals surface area (Å²) in [7, 11) is 0. The second-order valence-electron chi connectivity index (χ2n) is 7.85. The predicted octanol–water partition coefficient (Wildman–Crippen LogP) is 1.75. The van der Waals surface area contributed by atoms with E-state index in [0.717, 1.165) is 50.2 Å². The van der Waals surface area contributed by atoms with E-state index in [1.54, 1.807) is 0 Å². The number of carbonyl (C=O) groups excluding carboxylic acids is 1. The fourth-order valence-electron chi connectivity index (χ4n) is 4.41. The van der Waals surface area contributed by atoms with Crippen LogP contribution >= 0.6 is 0 Å². The lowest BCUT2D eigenvalue weighted by Crippen LogP contribution is -2.51. The van der Waals surface area contributed by atoms with Gasteiger partial charge in [0.2, 0.25) is 5.91 Å². The van der Waals surface area contributed by atoms with E-state index in [4.69, 9.17) is 0 Å². The zero-order valence-electron chi connectivity index (χ0n) is 15.5. The molecule has 4 rings (SSSR count). The molecule has 1 unspecified atom stereocenters. The number of rotatable bonds is 5. The van der Waals surface area contributed by atoms with Gasteiger partial charge in [-0.15, -0.1) is 0 Å². The molecule has 1 N–H and O–H groups in total. The minimum Gasteiger partial charge on any atom is -0.476 e. The SMILES string of the molecule is CCN1CCCCC1C(=O)N1CCc2c(c(C(=O)O)nn2CC2CC2)C1. The molecular formula is C19H28N4O3. The molecule has 142 valence electrons. The van der Waals surface area contributed by atoms with Crippen LogP contribution in [-0.4, -0.2) is 62.2 Å². The van der Waals surface area contributed by atoms with Crippen LogP contribution in [0.25, 0.3) is 0 Å². The van der Waals surface area contributed by atoms with Crippen LogP contribution < -0.4 is 0 Å². The number of fused-ring (bicyclic) bond motifs is 1.